The first-order chi connectivity index (χ1) is 14.2. The molecule has 1 aliphatic carbocycles. The summed E-state index contributed by atoms with van der Waals surface area (Å²) in [5.41, 5.74) is 4.02. The van der Waals surface area contributed by atoms with Crippen molar-refractivity contribution in [3.63, 3.8) is 0 Å². The zero-order valence-corrected chi connectivity index (χ0v) is 16.0. The highest BCUT2D eigenvalue weighted by Crippen LogP contribution is 2.46. The Morgan fingerprint density at radius 1 is 0.967 bits per heavy atom. The number of benzene rings is 1. The molecule has 2 heterocycles. The van der Waals surface area contributed by atoms with Crippen molar-refractivity contribution in [1.82, 2.24) is 15.1 Å². The fourth-order valence-corrected chi connectivity index (χ4v) is 3.73. The monoisotopic (exact) mass is 419 g/mol. The van der Waals surface area contributed by atoms with Gasteiger partial charge in [-0.25, -0.2) is 0 Å². The van der Waals surface area contributed by atoms with E-state index in [1.165, 1.54) is 23.1 Å². The Labute approximate surface area is 170 Å². The topological polar surface area (TPSA) is 92.4 Å². The normalized spacial score (nSPS) is 18.2. The van der Waals surface area contributed by atoms with Crippen molar-refractivity contribution in [2.24, 2.45) is 5.73 Å². The van der Waals surface area contributed by atoms with Crippen LogP contribution in [0.3, 0.4) is 0 Å². The molecule has 1 saturated carbocycles. The van der Waals surface area contributed by atoms with E-state index in [9.17, 15) is 22.8 Å². The van der Waals surface area contributed by atoms with Crippen molar-refractivity contribution in [2.75, 3.05) is 31.1 Å². The SMILES string of the molecule is NC(=O)C1(c2ccc(N3CCN(C(=O)c4ccccc4C(F)(F)F)CC3)nn2)CC1. The number of alkyl halides is 3. The molecule has 2 N–H and O–H groups in total. The van der Waals surface area contributed by atoms with Gasteiger partial charge in [0, 0.05) is 26.2 Å². The average Bonchev–Trinajstić information content (AvgIpc) is 3.55. The summed E-state index contributed by atoms with van der Waals surface area (Å²) >= 11 is 0. The molecule has 2 aliphatic rings. The predicted molar refractivity (Wildman–Crippen MR) is 102 cm³/mol. The molecule has 1 aromatic carbocycles. The van der Waals surface area contributed by atoms with Crippen LogP contribution in [0.25, 0.3) is 0 Å². The first-order valence-corrected chi connectivity index (χ1v) is 9.57. The van der Waals surface area contributed by atoms with Crippen molar-refractivity contribution in [3.8, 4) is 0 Å². The molecule has 1 aliphatic heterocycles. The molecule has 30 heavy (non-hydrogen) atoms. The number of hydrogen-bond donors (Lipinski definition) is 1. The molecule has 2 amide bonds. The van der Waals surface area contributed by atoms with Crippen molar-refractivity contribution < 1.29 is 22.8 Å². The molecule has 158 valence electrons. The summed E-state index contributed by atoms with van der Waals surface area (Å²) in [6.07, 6.45) is -3.26. The Morgan fingerprint density at radius 2 is 1.63 bits per heavy atom. The van der Waals surface area contributed by atoms with Crippen molar-refractivity contribution in [3.05, 3.63) is 53.2 Å². The fourth-order valence-electron chi connectivity index (χ4n) is 3.73. The van der Waals surface area contributed by atoms with Gasteiger partial charge < -0.3 is 15.5 Å². The number of halogens is 3. The van der Waals surface area contributed by atoms with Crippen LogP contribution >= 0.6 is 0 Å². The third kappa shape index (κ3) is 3.57. The summed E-state index contributed by atoms with van der Waals surface area (Å²) in [5.74, 6) is -0.459. The van der Waals surface area contributed by atoms with Gasteiger partial charge in [0.2, 0.25) is 5.91 Å². The largest absolute Gasteiger partial charge is 0.417 e. The van der Waals surface area contributed by atoms with Gasteiger partial charge >= 0.3 is 6.18 Å². The minimum absolute atomic E-state index is 0.264. The third-order valence-corrected chi connectivity index (χ3v) is 5.72. The number of nitrogens with two attached hydrogens (primary N) is 1. The van der Waals surface area contributed by atoms with E-state index in [4.69, 9.17) is 5.73 Å². The fraction of sp³-hybridized carbons (Fsp3) is 0.400. The standard InChI is InChI=1S/C20H20F3N5O2/c21-20(22,23)14-4-2-1-3-13(14)17(29)28-11-9-27(10-12-28)16-6-5-15(25-26-16)19(7-8-19)18(24)30/h1-6H,7-12H2,(H2,24,30). The lowest BCUT2D eigenvalue weighted by atomic mass is 10.0. The molecule has 0 bridgehead atoms. The van der Waals surface area contributed by atoms with E-state index in [1.807, 2.05) is 4.90 Å². The van der Waals surface area contributed by atoms with E-state index in [0.717, 1.165) is 6.07 Å². The lowest BCUT2D eigenvalue weighted by Gasteiger charge is -2.35. The van der Waals surface area contributed by atoms with Crippen LogP contribution in [-0.2, 0) is 16.4 Å². The van der Waals surface area contributed by atoms with Gasteiger partial charge in [-0.05, 0) is 37.1 Å². The summed E-state index contributed by atoms with van der Waals surface area (Å²) in [6.45, 7) is 1.35. The van der Waals surface area contributed by atoms with Gasteiger partial charge in [0.25, 0.3) is 5.91 Å². The Hall–Kier alpha value is -3.17. The van der Waals surface area contributed by atoms with Crippen LogP contribution in [0.1, 0.15) is 34.5 Å². The van der Waals surface area contributed by atoms with Crippen LogP contribution in [0.15, 0.2) is 36.4 Å². The summed E-state index contributed by atoms with van der Waals surface area (Å²) in [4.78, 5) is 27.6. The minimum Gasteiger partial charge on any atom is -0.369 e. The number of aromatic nitrogens is 2. The van der Waals surface area contributed by atoms with E-state index >= 15 is 0 Å². The second kappa shape index (κ2) is 7.26. The molecule has 7 nitrogen and oxygen atoms in total. The van der Waals surface area contributed by atoms with Crippen LogP contribution in [-0.4, -0.2) is 53.1 Å². The molecule has 1 aromatic heterocycles. The molecule has 4 rings (SSSR count). The van der Waals surface area contributed by atoms with Crippen LogP contribution in [0.2, 0.25) is 0 Å². The number of anilines is 1. The number of primary amides is 1. The van der Waals surface area contributed by atoms with Crippen molar-refractivity contribution >= 4 is 17.6 Å². The zero-order chi connectivity index (χ0) is 21.5. The Kier molecular flexibility index (Phi) is 4.87. The smallest absolute Gasteiger partial charge is 0.369 e. The predicted octanol–water partition coefficient (Wildman–Crippen LogP) is 1.97. The molecule has 0 unspecified atom stereocenters. The second-order valence-corrected chi connectivity index (χ2v) is 7.55. The van der Waals surface area contributed by atoms with Crippen LogP contribution in [0.4, 0.5) is 19.0 Å². The number of nitrogens with zero attached hydrogens (tertiary/aromatic N) is 4. The van der Waals surface area contributed by atoms with Crippen LogP contribution < -0.4 is 10.6 Å². The number of hydrogen-bond acceptors (Lipinski definition) is 5. The molecule has 1 saturated heterocycles. The van der Waals surface area contributed by atoms with Gasteiger partial charge in [0.1, 0.15) is 0 Å². The maximum Gasteiger partial charge on any atom is 0.417 e. The van der Waals surface area contributed by atoms with Gasteiger partial charge in [-0.1, -0.05) is 12.1 Å². The number of carbonyl (C=O) groups excluding carboxylic acids is 2. The molecule has 0 spiro atoms. The lowest BCUT2D eigenvalue weighted by Crippen LogP contribution is -2.49. The maximum absolute atomic E-state index is 13.2. The van der Waals surface area contributed by atoms with Gasteiger partial charge in [0.15, 0.2) is 5.82 Å². The minimum atomic E-state index is -4.59. The van der Waals surface area contributed by atoms with Crippen LogP contribution in [0, 0.1) is 0 Å². The van der Waals surface area contributed by atoms with Gasteiger partial charge in [0.05, 0.1) is 22.2 Å². The first kappa shape index (κ1) is 20.1. The molecular formula is C20H20F3N5O2. The third-order valence-electron chi connectivity index (χ3n) is 5.72. The maximum atomic E-state index is 13.2. The number of carbonyl (C=O) groups is 2. The van der Waals surface area contributed by atoms with Crippen molar-refractivity contribution in [1.29, 1.82) is 0 Å². The summed E-state index contributed by atoms with van der Waals surface area (Å²) in [6, 6.07) is 8.30. The molecule has 0 radical (unpaired) electrons. The highest BCUT2D eigenvalue weighted by atomic mass is 19.4. The molecular weight excluding hydrogens is 399 g/mol. The highest BCUT2D eigenvalue weighted by molar-refractivity contribution is 5.96. The quantitative estimate of drug-likeness (QED) is 0.818. The number of piperazine rings is 1. The lowest BCUT2D eigenvalue weighted by molar-refractivity contribution is -0.138. The second-order valence-electron chi connectivity index (χ2n) is 7.55. The van der Waals surface area contributed by atoms with E-state index in [1.54, 1.807) is 12.1 Å². The molecule has 0 atom stereocenters. The van der Waals surface area contributed by atoms with E-state index in [-0.39, 0.29) is 18.7 Å². The van der Waals surface area contributed by atoms with Gasteiger partial charge in [-0.2, -0.15) is 18.3 Å². The Bertz CT molecular complexity index is 965. The zero-order valence-electron chi connectivity index (χ0n) is 16.0. The van der Waals surface area contributed by atoms with Gasteiger partial charge in [-0.15, -0.1) is 5.10 Å². The van der Waals surface area contributed by atoms with E-state index in [0.29, 0.717) is 37.4 Å². The summed E-state index contributed by atoms with van der Waals surface area (Å²) in [7, 11) is 0. The average molecular weight is 419 g/mol. The number of amides is 2. The Morgan fingerprint density at radius 3 is 2.17 bits per heavy atom. The Balaban J connectivity index is 1.42. The molecule has 2 aromatic rings. The van der Waals surface area contributed by atoms with Crippen LogP contribution in [0.5, 0.6) is 0 Å². The summed E-state index contributed by atoms with van der Waals surface area (Å²) in [5, 5.41) is 8.33. The first-order valence-electron chi connectivity index (χ1n) is 9.57. The van der Waals surface area contributed by atoms with Gasteiger partial charge in [-0.3, -0.25) is 9.59 Å². The molecule has 2 fully saturated rings. The van der Waals surface area contributed by atoms with E-state index < -0.39 is 29.0 Å². The number of rotatable bonds is 4. The van der Waals surface area contributed by atoms with Crippen molar-refractivity contribution in [2.45, 2.75) is 24.4 Å². The molecule has 10 heteroatoms. The summed E-state index contributed by atoms with van der Waals surface area (Å²) < 4.78 is 39.6. The van der Waals surface area contributed by atoms with E-state index in [2.05, 4.69) is 10.2 Å². The highest BCUT2D eigenvalue weighted by Gasteiger charge is 2.51.